The van der Waals surface area contributed by atoms with E-state index < -0.39 is 6.04 Å². The zero-order chi connectivity index (χ0) is 19.7. The predicted molar refractivity (Wildman–Crippen MR) is 105 cm³/mol. The van der Waals surface area contributed by atoms with Crippen molar-refractivity contribution in [1.29, 1.82) is 0 Å². The summed E-state index contributed by atoms with van der Waals surface area (Å²) in [6, 6.07) is 4.15. The summed E-state index contributed by atoms with van der Waals surface area (Å²) in [5.41, 5.74) is 0.916. The second-order valence-corrected chi connectivity index (χ2v) is 7.02. The van der Waals surface area contributed by atoms with E-state index in [4.69, 9.17) is 6.42 Å². The average molecular weight is 378 g/mol. The van der Waals surface area contributed by atoms with Gasteiger partial charge in [-0.1, -0.05) is 18.1 Å². The van der Waals surface area contributed by atoms with Crippen LogP contribution in [0.2, 0.25) is 0 Å². The van der Waals surface area contributed by atoms with Crippen LogP contribution in [0.3, 0.4) is 0 Å². The molecule has 2 bridgehead atoms. The summed E-state index contributed by atoms with van der Waals surface area (Å²) in [4.78, 5) is 33.6. The molecule has 144 valence electrons. The summed E-state index contributed by atoms with van der Waals surface area (Å²) < 4.78 is 0. The maximum atomic E-state index is 13.0. The van der Waals surface area contributed by atoms with Crippen LogP contribution >= 0.6 is 0 Å². The first-order valence-corrected chi connectivity index (χ1v) is 9.28. The highest BCUT2D eigenvalue weighted by atomic mass is 16.2. The number of rotatable bonds is 3. The van der Waals surface area contributed by atoms with Crippen molar-refractivity contribution in [2.75, 3.05) is 18.4 Å². The van der Waals surface area contributed by atoms with Gasteiger partial charge in [0.05, 0.1) is 17.8 Å². The lowest BCUT2D eigenvalue weighted by molar-refractivity contribution is -0.122. The van der Waals surface area contributed by atoms with Gasteiger partial charge < -0.3 is 15.5 Å². The number of carbonyl (C=O) groups is 2. The van der Waals surface area contributed by atoms with Gasteiger partial charge in [-0.05, 0) is 31.6 Å². The standard InChI is InChI=1S/C20H22N6O2/c1-3-13(2)22-19(27)15-7-8-16-18(23-15)26(14-9-11-25(16)12-14)20(28)24-17-6-4-5-10-21-17/h1,4-8,10,13-15,23H,9,11-12H2,2H3,(H,22,27)(H,21,24,28)/t13-,14+,15?/m1/s1. The number of hydrogen-bond donors (Lipinski definition) is 3. The van der Waals surface area contributed by atoms with E-state index in [9.17, 15) is 9.59 Å². The second-order valence-electron chi connectivity index (χ2n) is 7.02. The Balaban J connectivity index is 1.57. The number of dihydropyridines is 1. The van der Waals surface area contributed by atoms with Gasteiger partial charge in [-0.3, -0.25) is 15.0 Å². The summed E-state index contributed by atoms with van der Waals surface area (Å²) in [7, 11) is 0. The number of pyridine rings is 1. The van der Waals surface area contributed by atoms with Crippen LogP contribution in [-0.2, 0) is 4.79 Å². The Labute approximate surface area is 163 Å². The lowest BCUT2D eigenvalue weighted by atomic mass is 10.1. The number of terminal acetylenes is 1. The molecule has 3 amide bonds. The summed E-state index contributed by atoms with van der Waals surface area (Å²) in [6.45, 7) is 3.38. The van der Waals surface area contributed by atoms with Crippen molar-refractivity contribution < 1.29 is 9.59 Å². The number of aromatic nitrogens is 1. The number of allylic oxidation sites excluding steroid dienone is 1. The van der Waals surface area contributed by atoms with Gasteiger partial charge in [0.1, 0.15) is 17.7 Å². The highest BCUT2D eigenvalue weighted by Crippen LogP contribution is 2.33. The maximum absolute atomic E-state index is 13.0. The Morgan fingerprint density at radius 2 is 2.29 bits per heavy atom. The number of hydrogen-bond acceptors (Lipinski definition) is 5. The number of fused-ring (bicyclic) bond motifs is 3. The molecule has 0 spiro atoms. The summed E-state index contributed by atoms with van der Waals surface area (Å²) in [5.74, 6) is 3.38. The fraction of sp³-hybridized carbons (Fsp3) is 0.350. The first-order chi connectivity index (χ1) is 13.6. The average Bonchev–Trinajstić information content (AvgIpc) is 3.12. The van der Waals surface area contributed by atoms with E-state index in [1.807, 2.05) is 12.1 Å². The van der Waals surface area contributed by atoms with Gasteiger partial charge in [0.2, 0.25) is 5.91 Å². The first kappa shape index (κ1) is 17.9. The Kier molecular flexibility index (Phi) is 4.65. The van der Waals surface area contributed by atoms with Crippen LogP contribution in [0.5, 0.6) is 0 Å². The molecule has 8 heteroatoms. The number of nitrogens with one attached hydrogen (secondary N) is 3. The molecule has 0 aliphatic carbocycles. The van der Waals surface area contributed by atoms with Crippen LogP contribution in [0.15, 0.2) is 48.1 Å². The molecule has 1 unspecified atom stereocenters. The van der Waals surface area contributed by atoms with Crippen molar-refractivity contribution in [3.8, 4) is 12.3 Å². The molecule has 0 radical (unpaired) electrons. The minimum Gasteiger partial charge on any atom is -0.366 e. The number of nitrogens with zero attached hydrogens (tertiary/aromatic N) is 3. The Morgan fingerprint density at radius 1 is 1.43 bits per heavy atom. The minimum absolute atomic E-state index is 0.0369. The third-order valence-electron chi connectivity index (χ3n) is 5.10. The first-order valence-electron chi connectivity index (χ1n) is 9.28. The lowest BCUT2D eigenvalue weighted by Gasteiger charge is -2.40. The molecule has 3 N–H and O–H groups in total. The molecule has 0 saturated carbocycles. The van der Waals surface area contributed by atoms with Crippen LogP contribution < -0.4 is 16.0 Å². The number of urea groups is 1. The highest BCUT2D eigenvalue weighted by Gasteiger charge is 2.42. The fourth-order valence-electron chi connectivity index (χ4n) is 3.71. The van der Waals surface area contributed by atoms with Crippen LogP contribution in [0.1, 0.15) is 13.3 Å². The molecule has 3 atom stereocenters. The molecule has 4 heterocycles. The molecule has 3 aliphatic heterocycles. The number of anilines is 1. The van der Waals surface area contributed by atoms with Gasteiger partial charge in [-0.25, -0.2) is 9.78 Å². The van der Waals surface area contributed by atoms with Crippen LogP contribution in [-0.4, -0.2) is 57.9 Å². The Morgan fingerprint density at radius 3 is 3.04 bits per heavy atom. The van der Waals surface area contributed by atoms with Gasteiger partial charge in [0.15, 0.2) is 0 Å². The van der Waals surface area contributed by atoms with E-state index in [2.05, 4.69) is 31.8 Å². The second kappa shape index (κ2) is 7.27. The topological polar surface area (TPSA) is 89.6 Å². The fourth-order valence-corrected chi connectivity index (χ4v) is 3.71. The van der Waals surface area contributed by atoms with Crippen molar-refractivity contribution in [3.05, 3.63) is 48.1 Å². The van der Waals surface area contributed by atoms with E-state index in [1.54, 1.807) is 36.2 Å². The minimum atomic E-state index is -0.599. The molecule has 1 aromatic rings. The SMILES string of the molecule is C#C[C@@H](C)NC(=O)C1C=CC2=C(N1)N(C(=O)Nc1ccccn1)[C@H]1CCN2C1. The van der Waals surface area contributed by atoms with Crippen molar-refractivity contribution in [2.45, 2.75) is 31.5 Å². The molecule has 3 aliphatic rings. The Bertz CT molecular complexity index is 888. The Hall–Kier alpha value is -3.47. The summed E-state index contributed by atoms with van der Waals surface area (Å²) in [5, 5.41) is 8.83. The van der Waals surface area contributed by atoms with Crippen molar-refractivity contribution in [2.24, 2.45) is 0 Å². The molecule has 28 heavy (non-hydrogen) atoms. The van der Waals surface area contributed by atoms with E-state index in [0.29, 0.717) is 11.6 Å². The van der Waals surface area contributed by atoms with E-state index in [1.165, 1.54) is 0 Å². The zero-order valence-corrected chi connectivity index (χ0v) is 15.6. The molecular formula is C20H22N6O2. The van der Waals surface area contributed by atoms with Gasteiger partial charge >= 0.3 is 6.03 Å². The van der Waals surface area contributed by atoms with Crippen molar-refractivity contribution >= 4 is 17.8 Å². The lowest BCUT2D eigenvalue weighted by Crippen LogP contribution is -2.56. The quantitative estimate of drug-likeness (QED) is 0.678. The molecule has 1 saturated heterocycles. The summed E-state index contributed by atoms with van der Waals surface area (Å²) in [6.07, 6.45) is 11.5. The van der Waals surface area contributed by atoms with Gasteiger partial charge in [-0.15, -0.1) is 6.42 Å². The van der Waals surface area contributed by atoms with Crippen LogP contribution in [0.25, 0.3) is 0 Å². The summed E-state index contributed by atoms with van der Waals surface area (Å²) >= 11 is 0. The normalized spacial score (nSPS) is 23.4. The van der Waals surface area contributed by atoms with Gasteiger partial charge in [0.25, 0.3) is 0 Å². The van der Waals surface area contributed by atoms with Crippen molar-refractivity contribution in [1.82, 2.24) is 25.4 Å². The molecule has 8 nitrogen and oxygen atoms in total. The maximum Gasteiger partial charge on any atom is 0.328 e. The van der Waals surface area contributed by atoms with Crippen LogP contribution in [0, 0.1) is 12.3 Å². The van der Waals surface area contributed by atoms with Gasteiger partial charge in [0, 0.05) is 19.3 Å². The number of carbonyl (C=O) groups excluding carboxylic acids is 2. The third-order valence-corrected chi connectivity index (χ3v) is 5.10. The monoisotopic (exact) mass is 378 g/mol. The molecule has 1 aromatic heterocycles. The zero-order valence-electron chi connectivity index (χ0n) is 15.6. The smallest absolute Gasteiger partial charge is 0.328 e. The molecule has 4 rings (SSSR count). The largest absolute Gasteiger partial charge is 0.366 e. The predicted octanol–water partition coefficient (Wildman–Crippen LogP) is 0.838. The van der Waals surface area contributed by atoms with E-state index in [-0.39, 0.29) is 24.0 Å². The van der Waals surface area contributed by atoms with Gasteiger partial charge in [-0.2, -0.15) is 0 Å². The van der Waals surface area contributed by atoms with Crippen molar-refractivity contribution in [3.63, 3.8) is 0 Å². The van der Waals surface area contributed by atoms with E-state index >= 15 is 0 Å². The molecule has 0 aromatic carbocycles. The number of amides is 3. The molecule has 1 fully saturated rings. The highest BCUT2D eigenvalue weighted by molar-refractivity contribution is 5.91. The third kappa shape index (κ3) is 3.27. The van der Waals surface area contributed by atoms with E-state index in [0.717, 1.165) is 25.2 Å². The molecular weight excluding hydrogens is 356 g/mol. The van der Waals surface area contributed by atoms with Crippen LogP contribution in [0.4, 0.5) is 10.6 Å².